The molecule has 5 aromatic rings. The number of nitrogens with zero attached hydrogens (tertiary/aromatic N) is 5. The Kier molecular flexibility index (Phi) is 9.58. The van der Waals surface area contributed by atoms with Crippen molar-refractivity contribution in [3.8, 4) is 11.4 Å². The number of aliphatic hydroxyl groups is 2. The first-order valence-corrected chi connectivity index (χ1v) is 16.0. The molecular weight excluding hydrogens is 630 g/mol. The summed E-state index contributed by atoms with van der Waals surface area (Å²) in [5.74, 6) is -1.03. The van der Waals surface area contributed by atoms with Crippen LogP contribution >= 0.6 is 11.6 Å². The number of hydrogen-bond acceptors (Lipinski definition) is 7. The number of aromatic nitrogens is 4. The average molecular weight is 666 g/mol. The van der Waals surface area contributed by atoms with Crippen molar-refractivity contribution in [1.82, 2.24) is 19.6 Å². The fourth-order valence-electron chi connectivity index (χ4n) is 6.14. The Bertz CT molecular complexity index is 1990. The van der Waals surface area contributed by atoms with Gasteiger partial charge in [0, 0.05) is 41.1 Å². The summed E-state index contributed by atoms with van der Waals surface area (Å²) in [6.45, 7) is 2.47. The first kappa shape index (κ1) is 32.9. The van der Waals surface area contributed by atoms with Gasteiger partial charge in [-0.15, -0.1) is 5.10 Å². The van der Waals surface area contributed by atoms with E-state index in [4.69, 9.17) is 16.3 Å². The molecule has 6 rings (SSSR count). The van der Waals surface area contributed by atoms with Gasteiger partial charge in [-0.25, -0.2) is 0 Å². The van der Waals surface area contributed by atoms with Crippen LogP contribution in [0.2, 0.25) is 5.02 Å². The number of aliphatic hydroxyl groups excluding tert-OH is 1. The summed E-state index contributed by atoms with van der Waals surface area (Å²) < 4.78 is 8.37. The quantitative estimate of drug-likeness (QED) is 0.175. The van der Waals surface area contributed by atoms with Crippen molar-refractivity contribution in [2.45, 2.75) is 38.0 Å². The van der Waals surface area contributed by atoms with Gasteiger partial charge in [-0.2, -0.15) is 0 Å². The summed E-state index contributed by atoms with van der Waals surface area (Å²) in [5, 5.41) is 30.9. The van der Waals surface area contributed by atoms with Crippen LogP contribution in [0.3, 0.4) is 0 Å². The Morgan fingerprint density at radius 3 is 2.52 bits per heavy atom. The largest absolute Gasteiger partial charge is 0.491 e. The number of benzene rings is 3. The van der Waals surface area contributed by atoms with Crippen LogP contribution in [0.4, 0.5) is 5.69 Å². The first-order valence-electron chi connectivity index (χ1n) is 15.7. The van der Waals surface area contributed by atoms with Gasteiger partial charge in [-0.3, -0.25) is 18.8 Å². The van der Waals surface area contributed by atoms with Crippen molar-refractivity contribution in [2.24, 2.45) is 5.92 Å². The van der Waals surface area contributed by atoms with Crippen molar-refractivity contribution in [3.05, 3.63) is 147 Å². The van der Waals surface area contributed by atoms with Crippen LogP contribution in [0.1, 0.15) is 41.6 Å². The van der Waals surface area contributed by atoms with Gasteiger partial charge in [-0.05, 0) is 60.0 Å². The number of carbonyl (C=O) groups is 1. The molecule has 0 fully saturated rings. The van der Waals surface area contributed by atoms with Crippen LogP contribution in [0.25, 0.3) is 5.69 Å². The highest BCUT2D eigenvalue weighted by molar-refractivity contribution is 6.31. The van der Waals surface area contributed by atoms with Crippen molar-refractivity contribution >= 4 is 23.2 Å². The highest BCUT2D eigenvalue weighted by Gasteiger charge is 2.52. The maximum absolute atomic E-state index is 14.0. The van der Waals surface area contributed by atoms with E-state index in [1.54, 1.807) is 58.2 Å². The molecule has 246 valence electrons. The van der Waals surface area contributed by atoms with Crippen molar-refractivity contribution in [3.63, 3.8) is 0 Å². The van der Waals surface area contributed by atoms with Crippen LogP contribution in [-0.4, -0.2) is 49.4 Å². The van der Waals surface area contributed by atoms with Gasteiger partial charge < -0.3 is 19.8 Å². The fourth-order valence-corrected chi connectivity index (χ4v) is 6.31. The molecular formula is C37H36ClN5O5. The molecule has 0 bridgehead atoms. The van der Waals surface area contributed by atoms with E-state index in [2.05, 4.69) is 10.3 Å². The molecule has 3 atom stereocenters. The van der Waals surface area contributed by atoms with E-state index >= 15 is 0 Å². The lowest BCUT2D eigenvalue weighted by molar-refractivity contribution is -0.139. The van der Waals surface area contributed by atoms with Gasteiger partial charge in [0.05, 0.1) is 37.6 Å². The van der Waals surface area contributed by atoms with Gasteiger partial charge >= 0.3 is 0 Å². The zero-order chi connectivity index (χ0) is 33.8. The molecule has 0 spiro atoms. The van der Waals surface area contributed by atoms with Crippen molar-refractivity contribution in [1.29, 1.82) is 0 Å². The monoisotopic (exact) mass is 665 g/mol. The number of anilines is 1. The number of amides is 1. The number of carbonyl (C=O) groups excluding carboxylic acids is 1. The molecule has 1 aliphatic heterocycles. The van der Waals surface area contributed by atoms with Gasteiger partial charge in [0.25, 0.3) is 11.5 Å². The SMILES string of the molecule is COc1cccn(-c2ccc(CN3C(=O)[C@@](O)([C@@H](C)/C=C/CCn4cc(C(CO)c5ccccc5)nn4)c4cc(Cl)ccc43)cc2)c1=O. The van der Waals surface area contributed by atoms with E-state index in [0.29, 0.717) is 40.6 Å². The van der Waals surface area contributed by atoms with E-state index in [0.717, 1.165) is 11.1 Å². The molecule has 3 aromatic carbocycles. The lowest BCUT2D eigenvalue weighted by atomic mass is 9.83. The number of aryl methyl sites for hydroxylation is 1. The van der Waals surface area contributed by atoms with E-state index in [-0.39, 0.29) is 30.4 Å². The summed E-state index contributed by atoms with van der Waals surface area (Å²) in [7, 11) is 1.45. The predicted molar refractivity (Wildman–Crippen MR) is 183 cm³/mol. The lowest BCUT2D eigenvalue weighted by Crippen LogP contribution is -2.44. The molecule has 10 nitrogen and oxygen atoms in total. The summed E-state index contributed by atoms with van der Waals surface area (Å²) in [4.78, 5) is 28.3. The maximum Gasteiger partial charge on any atom is 0.297 e. The molecule has 0 saturated heterocycles. The summed E-state index contributed by atoms with van der Waals surface area (Å²) in [5.41, 5.74) is 2.07. The van der Waals surface area contributed by atoms with Crippen molar-refractivity contribution in [2.75, 3.05) is 18.6 Å². The summed E-state index contributed by atoms with van der Waals surface area (Å²) >= 11 is 6.36. The van der Waals surface area contributed by atoms with Gasteiger partial charge in [-0.1, -0.05) is 78.4 Å². The fraction of sp³-hybridized carbons (Fsp3) is 0.243. The summed E-state index contributed by atoms with van der Waals surface area (Å²) in [6.07, 6.45) is 7.84. The van der Waals surface area contributed by atoms with Crippen LogP contribution in [-0.2, 0) is 23.5 Å². The molecule has 1 aliphatic rings. The second-order valence-electron chi connectivity index (χ2n) is 11.8. The molecule has 48 heavy (non-hydrogen) atoms. The highest BCUT2D eigenvalue weighted by Crippen LogP contribution is 2.46. The zero-order valence-corrected chi connectivity index (χ0v) is 27.4. The molecule has 11 heteroatoms. The number of methoxy groups -OCH3 is 1. The van der Waals surface area contributed by atoms with Crippen LogP contribution in [0, 0.1) is 5.92 Å². The number of halogens is 1. The second-order valence-corrected chi connectivity index (χ2v) is 12.2. The first-order chi connectivity index (χ1) is 23.2. The molecule has 2 aromatic heterocycles. The third-order valence-corrected chi connectivity index (χ3v) is 9.06. The lowest BCUT2D eigenvalue weighted by Gasteiger charge is -2.27. The molecule has 0 saturated carbocycles. The number of pyridine rings is 1. The molecule has 2 N–H and O–H groups in total. The van der Waals surface area contributed by atoms with Gasteiger partial charge in [0.1, 0.15) is 0 Å². The maximum atomic E-state index is 14.0. The highest BCUT2D eigenvalue weighted by atomic mass is 35.5. The van der Waals surface area contributed by atoms with Gasteiger partial charge in [0.2, 0.25) is 0 Å². The Morgan fingerprint density at radius 2 is 1.79 bits per heavy atom. The molecule has 1 amide bonds. The molecule has 3 heterocycles. The van der Waals surface area contributed by atoms with E-state index in [1.807, 2.05) is 67.7 Å². The minimum absolute atomic E-state index is 0.0782. The Labute approximate surface area is 283 Å². The Morgan fingerprint density at radius 1 is 1.02 bits per heavy atom. The Balaban J connectivity index is 1.16. The molecule has 0 radical (unpaired) electrons. The minimum Gasteiger partial charge on any atom is -0.491 e. The van der Waals surface area contributed by atoms with Crippen LogP contribution in [0.5, 0.6) is 5.75 Å². The van der Waals surface area contributed by atoms with Crippen LogP contribution < -0.4 is 15.2 Å². The molecule has 1 unspecified atom stereocenters. The summed E-state index contributed by atoms with van der Waals surface area (Å²) in [6, 6.07) is 25.5. The van der Waals surface area contributed by atoms with E-state index in [1.165, 1.54) is 11.7 Å². The number of rotatable bonds is 12. The topological polar surface area (TPSA) is 123 Å². The smallest absolute Gasteiger partial charge is 0.297 e. The average Bonchev–Trinajstić information content (AvgIpc) is 3.65. The number of allylic oxidation sites excluding steroid dienone is 1. The molecule has 0 aliphatic carbocycles. The standard InChI is InChI=1S/C37H36ClN5O5/c1-25(9-6-7-19-41-23-32(39-40-41)30(24-44)27-10-4-3-5-11-27)37(47)31-21-28(38)15-18-33(31)43(36(37)46)22-26-13-16-29(17-14-26)42-20-8-12-34(48-2)35(42)45/h3-6,8-18,20-21,23,25,30,44,47H,7,19,22,24H2,1-2H3/b9-6+/t25-,30?,37+/m0/s1. The second kappa shape index (κ2) is 14.0. The van der Waals surface area contributed by atoms with Crippen LogP contribution in [0.15, 0.2) is 114 Å². The van der Waals surface area contributed by atoms with Crippen molar-refractivity contribution < 1.29 is 19.7 Å². The Hall–Kier alpha value is -5.03. The van der Waals surface area contributed by atoms with Gasteiger partial charge in [0.15, 0.2) is 11.4 Å². The normalized spacial score (nSPS) is 17.1. The zero-order valence-electron chi connectivity index (χ0n) is 26.6. The van der Waals surface area contributed by atoms with E-state index in [9.17, 15) is 19.8 Å². The van der Waals surface area contributed by atoms with E-state index < -0.39 is 17.4 Å². The third-order valence-electron chi connectivity index (χ3n) is 8.83. The minimum atomic E-state index is -1.82. The number of ether oxygens (including phenoxy) is 1. The predicted octanol–water partition coefficient (Wildman–Crippen LogP) is 5.23. The third kappa shape index (κ3) is 6.29. The number of fused-ring (bicyclic) bond motifs is 1. The number of hydrogen-bond donors (Lipinski definition) is 2.